The van der Waals surface area contributed by atoms with E-state index in [1.54, 1.807) is 11.1 Å². The first kappa shape index (κ1) is 15.1. The molecule has 0 amide bonds. The van der Waals surface area contributed by atoms with Crippen molar-refractivity contribution < 1.29 is 0 Å². The van der Waals surface area contributed by atoms with Crippen LogP contribution in [0.3, 0.4) is 0 Å². The molecule has 1 N–H and O–H groups in total. The zero-order chi connectivity index (χ0) is 14.9. The predicted octanol–water partition coefficient (Wildman–Crippen LogP) is 5.23. The fourth-order valence-electron chi connectivity index (χ4n) is 3.94. The van der Waals surface area contributed by atoms with Crippen LogP contribution in [-0.4, -0.2) is 12.1 Å². The Kier molecular flexibility index (Phi) is 4.40. The Morgan fingerprint density at radius 1 is 1.00 bits per heavy atom. The molecule has 1 nitrogen and oxygen atoms in total. The maximum atomic E-state index is 3.72. The summed E-state index contributed by atoms with van der Waals surface area (Å²) in [7, 11) is 0. The van der Waals surface area contributed by atoms with Gasteiger partial charge in [0.1, 0.15) is 0 Å². The van der Waals surface area contributed by atoms with Crippen LogP contribution in [0, 0.1) is 5.92 Å². The van der Waals surface area contributed by atoms with Gasteiger partial charge >= 0.3 is 0 Å². The molecule has 0 saturated heterocycles. The van der Waals surface area contributed by atoms with E-state index in [2.05, 4.69) is 50.4 Å². The van der Waals surface area contributed by atoms with Crippen LogP contribution >= 0.6 is 0 Å². The van der Waals surface area contributed by atoms with Gasteiger partial charge in [0, 0.05) is 5.54 Å². The van der Waals surface area contributed by atoms with Gasteiger partial charge in [0.15, 0.2) is 0 Å². The van der Waals surface area contributed by atoms with E-state index < -0.39 is 0 Å². The summed E-state index contributed by atoms with van der Waals surface area (Å²) in [5.74, 6) is 2.46. The second kappa shape index (κ2) is 6.12. The van der Waals surface area contributed by atoms with E-state index in [-0.39, 0.29) is 5.54 Å². The van der Waals surface area contributed by atoms with Gasteiger partial charge in [0.2, 0.25) is 0 Å². The van der Waals surface area contributed by atoms with Crippen LogP contribution < -0.4 is 5.32 Å². The molecule has 2 aliphatic rings. The lowest BCUT2D eigenvalue weighted by atomic mass is 9.78. The third-order valence-corrected chi connectivity index (χ3v) is 5.47. The largest absolute Gasteiger partial charge is 0.312 e. The van der Waals surface area contributed by atoms with E-state index in [4.69, 9.17) is 0 Å². The van der Waals surface area contributed by atoms with Crippen LogP contribution in [0.15, 0.2) is 24.3 Å². The number of rotatable bonds is 4. The normalized spacial score (nSPS) is 26.8. The quantitative estimate of drug-likeness (QED) is 0.799. The summed E-state index contributed by atoms with van der Waals surface area (Å²) in [5.41, 5.74) is 3.45. The first-order valence-corrected chi connectivity index (χ1v) is 8.88. The van der Waals surface area contributed by atoms with E-state index in [0.717, 1.165) is 17.8 Å². The smallest absolute Gasteiger partial charge is 0.00966 e. The monoisotopic (exact) mass is 285 g/mol. The highest BCUT2D eigenvalue weighted by Crippen LogP contribution is 2.42. The Bertz CT molecular complexity index is 467. The molecule has 0 aromatic heterocycles. The van der Waals surface area contributed by atoms with Gasteiger partial charge in [-0.15, -0.1) is 0 Å². The maximum absolute atomic E-state index is 3.72. The molecule has 2 saturated carbocycles. The molecule has 3 rings (SSSR count). The summed E-state index contributed by atoms with van der Waals surface area (Å²) in [6.07, 6.45) is 8.41. The summed E-state index contributed by atoms with van der Waals surface area (Å²) >= 11 is 0. The van der Waals surface area contributed by atoms with Crippen LogP contribution in [0.25, 0.3) is 0 Å². The minimum atomic E-state index is 0.237. The summed E-state index contributed by atoms with van der Waals surface area (Å²) in [6.45, 7) is 7.98. The van der Waals surface area contributed by atoms with Crippen LogP contribution in [0.1, 0.15) is 82.3 Å². The molecule has 2 unspecified atom stereocenters. The SMILES string of the molecule is CC(C)(C)NCC1CCCC1c1cccc(C2CCC2)c1. The topological polar surface area (TPSA) is 12.0 Å². The van der Waals surface area contributed by atoms with Gasteiger partial charge in [0.05, 0.1) is 0 Å². The fourth-order valence-corrected chi connectivity index (χ4v) is 3.94. The molecule has 0 aliphatic heterocycles. The standard InChI is InChI=1S/C20H31N/c1-20(2,3)21-14-18-11-6-12-19(18)17-10-5-9-16(13-17)15-7-4-8-15/h5,9-10,13,15,18-19,21H,4,6-8,11-12,14H2,1-3H3. The lowest BCUT2D eigenvalue weighted by molar-refractivity contribution is 0.356. The molecule has 0 spiro atoms. The van der Waals surface area contributed by atoms with Crippen molar-refractivity contribution in [1.29, 1.82) is 0 Å². The fraction of sp³-hybridized carbons (Fsp3) is 0.700. The molecule has 116 valence electrons. The van der Waals surface area contributed by atoms with Gasteiger partial charge < -0.3 is 5.32 Å². The van der Waals surface area contributed by atoms with Gasteiger partial charge in [-0.1, -0.05) is 37.1 Å². The summed E-state index contributed by atoms with van der Waals surface area (Å²) in [4.78, 5) is 0. The Hall–Kier alpha value is -0.820. The van der Waals surface area contributed by atoms with Crippen molar-refractivity contribution in [2.24, 2.45) is 5.92 Å². The highest BCUT2D eigenvalue weighted by atomic mass is 14.9. The molecule has 21 heavy (non-hydrogen) atoms. The lowest BCUT2D eigenvalue weighted by Crippen LogP contribution is -2.39. The highest BCUT2D eigenvalue weighted by molar-refractivity contribution is 5.31. The molecule has 1 heteroatoms. The van der Waals surface area contributed by atoms with Crippen molar-refractivity contribution >= 4 is 0 Å². The number of nitrogens with one attached hydrogen (secondary N) is 1. The Labute approximate surface area is 130 Å². The van der Waals surface area contributed by atoms with Gasteiger partial charge in [-0.2, -0.15) is 0 Å². The average Bonchev–Trinajstić information content (AvgIpc) is 2.82. The van der Waals surface area contributed by atoms with Gasteiger partial charge in [0.25, 0.3) is 0 Å². The third-order valence-electron chi connectivity index (χ3n) is 5.47. The molecule has 2 fully saturated rings. The van der Waals surface area contributed by atoms with Crippen LogP contribution in [0.2, 0.25) is 0 Å². The Balaban J connectivity index is 1.69. The van der Waals surface area contributed by atoms with Crippen molar-refractivity contribution in [1.82, 2.24) is 5.32 Å². The van der Waals surface area contributed by atoms with E-state index in [0.29, 0.717) is 0 Å². The lowest BCUT2D eigenvalue weighted by Gasteiger charge is -2.29. The first-order valence-electron chi connectivity index (χ1n) is 8.88. The second-order valence-electron chi connectivity index (χ2n) is 8.23. The summed E-state index contributed by atoms with van der Waals surface area (Å²) in [6, 6.07) is 9.56. The van der Waals surface area contributed by atoms with E-state index in [1.165, 1.54) is 45.1 Å². The zero-order valence-corrected chi connectivity index (χ0v) is 14.0. The first-order chi connectivity index (χ1) is 10.0. The summed E-state index contributed by atoms with van der Waals surface area (Å²) < 4.78 is 0. The maximum Gasteiger partial charge on any atom is 0.00966 e. The van der Waals surface area contributed by atoms with Crippen molar-refractivity contribution in [2.45, 2.75) is 76.7 Å². The predicted molar refractivity (Wildman–Crippen MR) is 90.9 cm³/mol. The molecule has 2 atom stereocenters. The minimum Gasteiger partial charge on any atom is -0.312 e. The van der Waals surface area contributed by atoms with Gasteiger partial charge in [-0.3, -0.25) is 0 Å². The van der Waals surface area contributed by atoms with Gasteiger partial charge in [-0.05, 0) is 81.9 Å². The van der Waals surface area contributed by atoms with E-state index in [1.807, 2.05) is 0 Å². The molecule has 0 radical (unpaired) electrons. The number of hydrogen-bond acceptors (Lipinski definition) is 1. The molecular weight excluding hydrogens is 254 g/mol. The molecule has 1 aromatic carbocycles. The Morgan fingerprint density at radius 2 is 1.71 bits per heavy atom. The van der Waals surface area contributed by atoms with Crippen molar-refractivity contribution in [3.05, 3.63) is 35.4 Å². The molecule has 1 aromatic rings. The van der Waals surface area contributed by atoms with Crippen molar-refractivity contribution in [3.8, 4) is 0 Å². The molecular formula is C20H31N. The highest BCUT2D eigenvalue weighted by Gasteiger charge is 2.30. The third kappa shape index (κ3) is 3.69. The van der Waals surface area contributed by atoms with Crippen LogP contribution in [0.4, 0.5) is 0 Å². The number of benzene rings is 1. The van der Waals surface area contributed by atoms with Gasteiger partial charge in [-0.25, -0.2) is 0 Å². The minimum absolute atomic E-state index is 0.237. The number of hydrogen-bond donors (Lipinski definition) is 1. The summed E-state index contributed by atoms with van der Waals surface area (Å²) in [5, 5.41) is 3.72. The van der Waals surface area contributed by atoms with Crippen molar-refractivity contribution in [2.75, 3.05) is 6.54 Å². The van der Waals surface area contributed by atoms with Crippen LogP contribution in [0.5, 0.6) is 0 Å². The molecule has 0 bridgehead atoms. The van der Waals surface area contributed by atoms with E-state index in [9.17, 15) is 0 Å². The molecule has 0 heterocycles. The van der Waals surface area contributed by atoms with E-state index >= 15 is 0 Å². The average molecular weight is 285 g/mol. The zero-order valence-electron chi connectivity index (χ0n) is 14.0. The molecule has 2 aliphatic carbocycles. The Morgan fingerprint density at radius 3 is 2.38 bits per heavy atom. The van der Waals surface area contributed by atoms with Crippen molar-refractivity contribution in [3.63, 3.8) is 0 Å². The van der Waals surface area contributed by atoms with Crippen LogP contribution in [-0.2, 0) is 0 Å². The second-order valence-corrected chi connectivity index (χ2v) is 8.23.